The first kappa shape index (κ1) is 15.5. The number of nitrogens with two attached hydrogens (primary N) is 1. The highest BCUT2D eigenvalue weighted by molar-refractivity contribution is 6.06. The van der Waals surface area contributed by atoms with E-state index in [2.05, 4.69) is 15.6 Å². The van der Waals surface area contributed by atoms with Crippen LogP contribution in [0.3, 0.4) is 0 Å². The third kappa shape index (κ3) is 2.79. The number of nitrogens with zero attached hydrogens (tertiary/aromatic N) is 3. The molecule has 7 nitrogen and oxygen atoms in total. The Morgan fingerprint density at radius 3 is 2.62 bits per heavy atom. The fourth-order valence-electron chi connectivity index (χ4n) is 2.36. The molecule has 0 bridgehead atoms. The van der Waals surface area contributed by atoms with Gasteiger partial charge in [-0.05, 0) is 30.7 Å². The topological polar surface area (TPSA) is 95.1 Å². The van der Waals surface area contributed by atoms with Crippen molar-refractivity contribution in [1.82, 2.24) is 15.0 Å². The Balaban J connectivity index is 1.91. The molecule has 0 saturated carbocycles. The molecule has 122 valence electrons. The minimum Gasteiger partial charge on any atom is -0.495 e. The van der Waals surface area contributed by atoms with Crippen LogP contribution in [0.1, 0.15) is 16.1 Å². The molecule has 1 aromatic heterocycles. The van der Waals surface area contributed by atoms with Gasteiger partial charge in [0.25, 0.3) is 5.91 Å². The summed E-state index contributed by atoms with van der Waals surface area (Å²) in [4.78, 5) is 12.5. The number of methoxy groups -OCH3 is 1. The first-order valence-corrected chi connectivity index (χ1v) is 7.33. The lowest BCUT2D eigenvalue weighted by atomic mass is 10.2. The average Bonchev–Trinajstić information content (AvgIpc) is 2.97. The second-order valence-electron chi connectivity index (χ2n) is 5.18. The number of amides is 1. The summed E-state index contributed by atoms with van der Waals surface area (Å²) in [5.41, 5.74) is 8.43. The number of hydrogen-bond donors (Lipinski definition) is 2. The van der Waals surface area contributed by atoms with E-state index in [-0.39, 0.29) is 11.5 Å². The summed E-state index contributed by atoms with van der Waals surface area (Å²) in [5, 5.41) is 10.7. The summed E-state index contributed by atoms with van der Waals surface area (Å²) in [5.74, 6) is 0.282. The molecule has 0 fully saturated rings. The molecule has 0 aliphatic rings. The number of nitrogens with one attached hydrogen (secondary N) is 1. The molecule has 0 atom stereocenters. The zero-order valence-corrected chi connectivity index (χ0v) is 13.4. The highest BCUT2D eigenvalue weighted by atomic mass is 16.5. The van der Waals surface area contributed by atoms with Crippen molar-refractivity contribution < 1.29 is 9.53 Å². The van der Waals surface area contributed by atoms with Crippen molar-refractivity contribution in [3.05, 3.63) is 59.8 Å². The molecule has 3 N–H and O–H groups in total. The van der Waals surface area contributed by atoms with Gasteiger partial charge in [-0.3, -0.25) is 4.79 Å². The summed E-state index contributed by atoms with van der Waals surface area (Å²) >= 11 is 0. The van der Waals surface area contributed by atoms with Crippen molar-refractivity contribution in [3.63, 3.8) is 0 Å². The van der Waals surface area contributed by atoms with Crippen LogP contribution < -0.4 is 15.8 Å². The maximum absolute atomic E-state index is 12.5. The van der Waals surface area contributed by atoms with Gasteiger partial charge in [-0.15, -0.1) is 5.10 Å². The Morgan fingerprint density at radius 2 is 1.88 bits per heavy atom. The molecule has 0 unspecified atom stereocenters. The average molecular weight is 323 g/mol. The van der Waals surface area contributed by atoms with E-state index >= 15 is 0 Å². The van der Waals surface area contributed by atoms with Gasteiger partial charge in [0.05, 0.1) is 18.5 Å². The normalized spacial score (nSPS) is 10.4. The van der Waals surface area contributed by atoms with Crippen molar-refractivity contribution in [3.8, 4) is 11.4 Å². The van der Waals surface area contributed by atoms with Crippen molar-refractivity contribution in [1.29, 1.82) is 0 Å². The van der Waals surface area contributed by atoms with Gasteiger partial charge in [-0.1, -0.05) is 35.5 Å². The van der Waals surface area contributed by atoms with Crippen molar-refractivity contribution >= 4 is 17.4 Å². The predicted octanol–water partition coefficient (Wildman–Crippen LogP) is 2.42. The molecular weight excluding hydrogens is 306 g/mol. The predicted molar refractivity (Wildman–Crippen MR) is 91.5 cm³/mol. The number of anilines is 2. The molecule has 0 saturated heterocycles. The fourth-order valence-corrected chi connectivity index (χ4v) is 2.36. The standard InChI is InChI=1S/C17H17N5O2/c1-11-7-3-5-9-13(11)22-16(18)15(20-21-22)17(23)19-12-8-4-6-10-14(12)24-2/h3-10H,18H2,1-2H3,(H,19,23). The molecule has 0 aliphatic carbocycles. The number of hydrogen-bond acceptors (Lipinski definition) is 5. The van der Waals surface area contributed by atoms with Gasteiger partial charge >= 0.3 is 0 Å². The van der Waals surface area contributed by atoms with Crippen LogP contribution in [0.5, 0.6) is 5.75 Å². The smallest absolute Gasteiger partial charge is 0.280 e. The number of para-hydroxylation sites is 3. The molecule has 0 spiro atoms. The van der Waals surface area contributed by atoms with E-state index in [1.165, 1.54) is 11.8 Å². The van der Waals surface area contributed by atoms with Gasteiger partial charge in [-0.25, -0.2) is 0 Å². The van der Waals surface area contributed by atoms with E-state index in [1.807, 2.05) is 37.3 Å². The lowest BCUT2D eigenvalue weighted by molar-refractivity contribution is 0.102. The lowest BCUT2D eigenvalue weighted by Gasteiger charge is -2.09. The van der Waals surface area contributed by atoms with Crippen LogP contribution in [0.15, 0.2) is 48.5 Å². The molecule has 3 aromatic rings. The van der Waals surface area contributed by atoms with Crippen molar-refractivity contribution in [2.45, 2.75) is 6.92 Å². The Hall–Kier alpha value is -3.35. The number of carbonyl (C=O) groups excluding carboxylic acids is 1. The minimum atomic E-state index is -0.447. The molecule has 0 radical (unpaired) electrons. The second-order valence-corrected chi connectivity index (χ2v) is 5.18. The van der Waals surface area contributed by atoms with Crippen LogP contribution in [0.4, 0.5) is 11.5 Å². The van der Waals surface area contributed by atoms with Gasteiger partial charge in [0.15, 0.2) is 11.5 Å². The summed E-state index contributed by atoms with van der Waals surface area (Å²) in [7, 11) is 1.54. The summed E-state index contributed by atoms with van der Waals surface area (Å²) in [6.07, 6.45) is 0. The van der Waals surface area contributed by atoms with Crippen LogP contribution in [0, 0.1) is 6.92 Å². The Kier molecular flexibility index (Phi) is 4.15. The molecule has 1 heterocycles. The van der Waals surface area contributed by atoms with Gasteiger partial charge in [0.1, 0.15) is 5.75 Å². The number of rotatable bonds is 4. The highest BCUT2D eigenvalue weighted by Gasteiger charge is 2.20. The van der Waals surface area contributed by atoms with Crippen LogP contribution in [0.25, 0.3) is 5.69 Å². The summed E-state index contributed by atoms with van der Waals surface area (Å²) in [6, 6.07) is 14.7. The largest absolute Gasteiger partial charge is 0.495 e. The third-order valence-electron chi connectivity index (χ3n) is 3.62. The van der Waals surface area contributed by atoms with Gasteiger partial charge < -0.3 is 15.8 Å². The second kappa shape index (κ2) is 6.41. The van der Waals surface area contributed by atoms with Crippen molar-refractivity contribution in [2.75, 3.05) is 18.2 Å². The Morgan fingerprint density at radius 1 is 1.17 bits per heavy atom. The van der Waals surface area contributed by atoms with E-state index in [4.69, 9.17) is 10.5 Å². The maximum atomic E-state index is 12.5. The molecular formula is C17H17N5O2. The van der Waals surface area contributed by atoms with Gasteiger partial charge in [0.2, 0.25) is 0 Å². The zero-order chi connectivity index (χ0) is 17.1. The summed E-state index contributed by atoms with van der Waals surface area (Å²) in [6.45, 7) is 1.94. The number of aryl methyl sites for hydroxylation is 1. The summed E-state index contributed by atoms with van der Waals surface area (Å²) < 4.78 is 6.67. The fraction of sp³-hybridized carbons (Fsp3) is 0.118. The van der Waals surface area contributed by atoms with Crippen LogP contribution in [-0.4, -0.2) is 28.0 Å². The van der Waals surface area contributed by atoms with Gasteiger partial charge in [0, 0.05) is 0 Å². The van der Waals surface area contributed by atoms with Crippen LogP contribution >= 0.6 is 0 Å². The Bertz CT molecular complexity index is 888. The molecule has 1 amide bonds. The molecule has 7 heteroatoms. The van der Waals surface area contributed by atoms with E-state index in [9.17, 15) is 4.79 Å². The number of ether oxygens (including phenoxy) is 1. The number of carbonyl (C=O) groups is 1. The quantitative estimate of drug-likeness (QED) is 0.769. The first-order valence-electron chi connectivity index (χ1n) is 7.33. The Labute approximate surface area is 139 Å². The van der Waals surface area contributed by atoms with Crippen molar-refractivity contribution in [2.24, 2.45) is 0 Å². The van der Waals surface area contributed by atoms with E-state index in [1.54, 1.807) is 18.2 Å². The maximum Gasteiger partial charge on any atom is 0.280 e. The molecule has 3 rings (SSSR count). The first-order chi connectivity index (χ1) is 11.6. The number of benzene rings is 2. The number of aromatic nitrogens is 3. The SMILES string of the molecule is COc1ccccc1NC(=O)c1nnn(-c2ccccc2C)c1N. The monoisotopic (exact) mass is 323 g/mol. The van der Waals surface area contributed by atoms with E-state index in [0.717, 1.165) is 11.3 Å². The van der Waals surface area contributed by atoms with Crippen LogP contribution in [-0.2, 0) is 0 Å². The lowest BCUT2D eigenvalue weighted by Crippen LogP contribution is -2.15. The van der Waals surface area contributed by atoms with E-state index < -0.39 is 5.91 Å². The molecule has 2 aromatic carbocycles. The van der Waals surface area contributed by atoms with Gasteiger partial charge in [-0.2, -0.15) is 4.68 Å². The molecule has 24 heavy (non-hydrogen) atoms. The van der Waals surface area contributed by atoms with E-state index in [0.29, 0.717) is 11.4 Å². The minimum absolute atomic E-state index is 0.0594. The number of nitrogen functional groups attached to an aromatic ring is 1. The highest BCUT2D eigenvalue weighted by Crippen LogP contribution is 2.24. The molecule has 0 aliphatic heterocycles. The van der Waals surface area contributed by atoms with Crippen LogP contribution in [0.2, 0.25) is 0 Å². The third-order valence-corrected chi connectivity index (χ3v) is 3.62. The zero-order valence-electron chi connectivity index (χ0n) is 13.4.